The average molecular weight is 294 g/mol. The van der Waals surface area contributed by atoms with Gasteiger partial charge in [0.1, 0.15) is 0 Å². The van der Waals surface area contributed by atoms with E-state index in [1.54, 1.807) is 6.20 Å². The van der Waals surface area contributed by atoms with Crippen molar-refractivity contribution in [2.24, 2.45) is 0 Å². The largest absolute Gasteiger partial charge is 0.294 e. The summed E-state index contributed by atoms with van der Waals surface area (Å²) in [7, 11) is 0. The number of ketones is 1. The fourth-order valence-corrected chi connectivity index (χ4v) is 2.03. The third kappa shape index (κ3) is 2.85. The minimum atomic E-state index is -0.519. The number of nitro benzene ring substituents is 1. The highest BCUT2D eigenvalue weighted by atomic mass is 35.5. The summed E-state index contributed by atoms with van der Waals surface area (Å²) in [5.41, 5.74) is 0.905. The minimum absolute atomic E-state index is 0.0109. The third-order valence-electron chi connectivity index (χ3n) is 2.77. The van der Waals surface area contributed by atoms with Crippen LogP contribution in [0.5, 0.6) is 0 Å². The Labute approximate surface area is 120 Å². The number of carbonyl (C=O) groups excluding carboxylic acids is 1. The van der Waals surface area contributed by atoms with Crippen LogP contribution in [0.15, 0.2) is 30.6 Å². The van der Waals surface area contributed by atoms with Crippen LogP contribution in [0.25, 0.3) is 5.69 Å². The van der Waals surface area contributed by atoms with Crippen LogP contribution in [0.1, 0.15) is 30.1 Å². The number of nitrogens with zero attached hydrogens (tertiary/aromatic N) is 3. The maximum Gasteiger partial charge on any atom is 0.271 e. The molecule has 0 aliphatic carbocycles. The fourth-order valence-electron chi connectivity index (χ4n) is 1.77. The maximum absolute atomic E-state index is 11.7. The van der Waals surface area contributed by atoms with Gasteiger partial charge in [-0.2, -0.15) is 5.10 Å². The summed E-state index contributed by atoms with van der Waals surface area (Å²) < 4.78 is 1.44. The van der Waals surface area contributed by atoms with Crippen LogP contribution in [0.3, 0.4) is 0 Å². The molecule has 0 aliphatic rings. The molecule has 6 nitrogen and oxygen atoms in total. The zero-order valence-corrected chi connectivity index (χ0v) is 11.5. The van der Waals surface area contributed by atoms with Crippen LogP contribution in [-0.2, 0) is 0 Å². The number of hydrogen-bond acceptors (Lipinski definition) is 4. The molecule has 0 bridgehead atoms. The monoisotopic (exact) mass is 293 g/mol. The van der Waals surface area contributed by atoms with Crippen LogP contribution >= 0.6 is 11.6 Å². The molecule has 0 saturated heterocycles. The van der Waals surface area contributed by atoms with E-state index in [4.69, 9.17) is 11.6 Å². The van der Waals surface area contributed by atoms with Gasteiger partial charge < -0.3 is 0 Å². The first-order valence-corrected chi connectivity index (χ1v) is 6.43. The molecule has 104 valence electrons. The van der Waals surface area contributed by atoms with Crippen molar-refractivity contribution in [3.05, 3.63) is 51.3 Å². The standard InChI is InChI=1S/C13H12ClN3O3/c1-2-3-13(18)9-7-15-16(8-9)12-5-4-10(17(19)20)6-11(12)14/h4-8H,2-3H2,1H3. The molecule has 0 aliphatic heterocycles. The number of non-ortho nitro benzene ring substituents is 1. The van der Waals surface area contributed by atoms with E-state index < -0.39 is 4.92 Å². The predicted molar refractivity (Wildman–Crippen MR) is 74.5 cm³/mol. The maximum atomic E-state index is 11.7. The molecule has 2 aromatic rings. The number of rotatable bonds is 5. The minimum Gasteiger partial charge on any atom is -0.294 e. The molecule has 0 amide bonds. The zero-order chi connectivity index (χ0) is 14.7. The lowest BCUT2D eigenvalue weighted by atomic mass is 10.1. The van der Waals surface area contributed by atoms with E-state index in [0.717, 1.165) is 6.42 Å². The van der Waals surface area contributed by atoms with E-state index in [2.05, 4.69) is 5.10 Å². The van der Waals surface area contributed by atoms with Crippen LogP contribution in [0.4, 0.5) is 5.69 Å². The lowest BCUT2D eigenvalue weighted by Gasteiger charge is -2.03. The van der Waals surface area contributed by atoms with E-state index in [1.807, 2.05) is 6.92 Å². The number of nitro groups is 1. The summed E-state index contributed by atoms with van der Waals surface area (Å²) in [6, 6.07) is 4.10. The van der Waals surface area contributed by atoms with Crippen LogP contribution < -0.4 is 0 Å². The molecule has 20 heavy (non-hydrogen) atoms. The molecule has 1 heterocycles. The van der Waals surface area contributed by atoms with Crippen molar-refractivity contribution < 1.29 is 9.72 Å². The van der Waals surface area contributed by atoms with Gasteiger partial charge in [0.05, 0.1) is 27.4 Å². The molecule has 0 radical (unpaired) electrons. The fraction of sp³-hybridized carbons (Fsp3) is 0.231. The van der Waals surface area contributed by atoms with E-state index in [1.165, 1.54) is 29.1 Å². The Hall–Kier alpha value is -2.21. The van der Waals surface area contributed by atoms with Crippen molar-refractivity contribution in [3.63, 3.8) is 0 Å². The second kappa shape index (κ2) is 5.83. The second-order valence-corrected chi connectivity index (χ2v) is 4.65. The van der Waals surface area contributed by atoms with Gasteiger partial charge in [-0.1, -0.05) is 18.5 Å². The summed E-state index contributed by atoms with van der Waals surface area (Å²) in [5.74, 6) is 0.0109. The smallest absolute Gasteiger partial charge is 0.271 e. The van der Waals surface area contributed by atoms with Crippen LogP contribution in [-0.4, -0.2) is 20.5 Å². The van der Waals surface area contributed by atoms with E-state index in [9.17, 15) is 14.9 Å². The lowest BCUT2D eigenvalue weighted by Crippen LogP contribution is -1.98. The van der Waals surface area contributed by atoms with Crippen LogP contribution in [0.2, 0.25) is 5.02 Å². The normalized spacial score (nSPS) is 10.5. The van der Waals surface area contributed by atoms with Gasteiger partial charge in [0.2, 0.25) is 0 Å². The molecule has 0 spiro atoms. The van der Waals surface area contributed by atoms with E-state index in [-0.39, 0.29) is 16.5 Å². The molecule has 0 N–H and O–H groups in total. The van der Waals surface area contributed by atoms with Gasteiger partial charge >= 0.3 is 0 Å². The van der Waals surface area contributed by atoms with Gasteiger partial charge in [-0.25, -0.2) is 4.68 Å². The van der Waals surface area contributed by atoms with Gasteiger partial charge in [-0.05, 0) is 12.5 Å². The highest BCUT2D eigenvalue weighted by Crippen LogP contribution is 2.25. The Morgan fingerprint density at radius 3 is 2.85 bits per heavy atom. The highest BCUT2D eigenvalue weighted by Gasteiger charge is 2.13. The Morgan fingerprint density at radius 1 is 1.50 bits per heavy atom. The third-order valence-corrected chi connectivity index (χ3v) is 3.07. The number of hydrogen-bond donors (Lipinski definition) is 0. The molecule has 0 fully saturated rings. The quantitative estimate of drug-likeness (QED) is 0.481. The van der Waals surface area contributed by atoms with Crippen LogP contribution in [0, 0.1) is 10.1 Å². The van der Waals surface area contributed by atoms with E-state index in [0.29, 0.717) is 17.7 Å². The Balaban J connectivity index is 2.33. The average Bonchev–Trinajstić information content (AvgIpc) is 2.88. The highest BCUT2D eigenvalue weighted by molar-refractivity contribution is 6.32. The van der Waals surface area contributed by atoms with Gasteiger partial charge in [0.25, 0.3) is 5.69 Å². The molecular weight excluding hydrogens is 282 g/mol. The van der Waals surface area contributed by atoms with Crippen molar-refractivity contribution in [3.8, 4) is 5.69 Å². The molecule has 2 rings (SSSR count). The van der Waals surface area contributed by atoms with Crippen molar-refractivity contribution in [2.75, 3.05) is 0 Å². The Morgan fingerprint density at radius 2 is 2.25 bits per heavy atom. The topological polar surface area (TPSA) is 78.0 Å². The first-order valence-electron chi connectivity index (χ1n) is 6.05. The summed E-state index contributed by atoms with van der Waals surface area (Å²) in [5, 5.41) is 14.9. The number of Topliss-reactive ketones (excluding diaryl/α,β-unsaturated/α-hetero) is 1. The SMILES string of the molecule is CCCC(=O)c1cnn(-c2ccc([N+](=O)[O-])cc2Cl)c1. The Bertz CT molecular complexity index is 667. The molecule has 0 atom stereocenters. The zero-order valence-electron chi connectivity index (χ0n) is 10.7. The van der Waals surface area contributed by atoms with E-state index >= 15 is 0 Å². The number of halogens is 1. The first-order chi connectivity index (χ1) is 9.52. The number of carbonyl (C=O) groups is 1. The van der Waals surface area contributed by atoms with Crippen molar-refractivity contribution in [1.29, 1.82) is 0 Å². The van der Waals surface area contributed by atoms with Gasteiger partial charge in [-0.15, -0.1) is 0 Å². The second-order valence-electron chi connectivity index (χ2n) is 4.24. The molecule has 1 aromatic carbocycles. The summed E-state index contributed by atoms with van der Waals surface area (Å²) >= 11 is 6.01. The van der Waals surface area contributed by atoms with Crippen molar-refractivity contribution >= 4 is 23.1 Å². The molecule has 1 aromatic heterocycles. The van der Waals surface area contributed by atoms with Gasteiger partial charge in [0.15, 0.2) is 5.78 Å². The number of aromatic nitrogens is 2. The first kappa shape index (κ1) is 14.2. The molecular formula is C13H12ClN3O3. The summed E-state index contributed by atoms with van der Waals surface area (Å²) in [6.07, 6.45) is 4.27. The van der Waals surface area contributed by atoms with Crippen molar-refractivity contribution in [1.82, 2.24) is 9.78 Å². The number of benzene rings is 1. The molecule has 0 saturated carbocycles. The Kier molecular flexibility index (Phi) is 4.14. The van der Waals surface area contributed by atoms with Gasteiger partial charge in [-0.3, -0.25) is 14.9 Å². The molecule has 0 unspecified atom stereocenters. The summed E-state index contributed by atoms with van der Waals surface area (Å²) in [4.78, 5) is 21.9. The lowest BCUT2D eigenvalue weighted by molar-refractivity contribution is -0.384. The van der Waals surface area contributed by atoms with Crippen molar-refractivity contribution in [2.45, 2.75) is 19.8 Å². The predicted octanol–water partition coefficient (Wildman–Crippen LogP) is 3.42. The summed E-state index contributed by atoms with van der Waals surface area (Å²) in [6.45, 7) is 1.93. The molecule has 7 heteroatoms. The van der Waals surface area contributed by atoms with Gasteiger partial charge in [0, 0.05) is 24.8 Å².